The molecule has 5 rings (SSSR count). The molecule has 3 N–H and O–H groups in total. The van der Waals surface area contributed by atoms with Gasteiger partial charge in [-0.15, -0.1) is 0 Å². The fourth-order valence-corrected chi connectivity index (χ4v) is 3.56. The van der Waals surface area contributed by atoms with Crippen molar-refractivity contribution in [2.75, 3.05) is 17.7 Å². The molecule has 1 aliphatic carbocycles. The van der Waals surface area contributed by atoms with Crippen molar-refractivity contribution < 1.29 is 13.9 Å². The fourth-order valence-electron chi connectivity index (χ4n) is 3.56. The van der Waals surface area contributed by atoms with Crippen LogP contribution in [0, 0.1) is 12.8 Å². The molecule has 4 aromatic rings. The summed E-state index contributed by atoms with van der Waals surface area (Å²) in [4.78, 5) is 28.5. The predicted octanol–water partition coefficient (Wildman–Crippen LogP) is 3.11. The van der Waals surface area contributed by atoms with Crippen LogP contribution in [0.4, 0.5) is 21.6 Å². The third kappa shape index (κ3) is 3.61. The number of ether oxygens (including phenoxy) is 1. The number of methoxy groups -OCH3 is 1. The fraction of sp³-hybridized carbons (Fsp3) is 0.286. The third-order valence-electron chi connectivity index (χ3n) is 5.21. The highest BCUT2D eigenvalue weighted by molar-refractivity contribution is 5.97. The summed E-state index contributed by atoms with van der Waals surface area (Å²) in [5.41, 5.74) is 3.11. The van der Waals surface area contributed by atoms with E-state index in [-0.39, 0.29) is 18.1 Å². The van der Waals surface area contributed by atoms with Gasteiger partial charge in [-0.1, -0.05) is 6.07 Å². The van der Waals surface area contributed by atoms with Gasteiger partial charge in [0.25, 0.3) is 0 Å². The Morgan fingerprint density at radius 3 is 2.81 bits per heavy atom. The molecule has 1 amide bonds. The Labute approximate surface area is 182 Å². The molecule has 32 heavy (non-hydrogen) atoms. The maximum atomic E-state index is 13.3. The van der Waals surface area contributed by atoms with E-state index in [4.69, 9.17) is 4.74 Å². The summed E-state index contributed by atoms with van der Waals surface area (Å²) in [5, 5.41) is 10.4. The average molecular weight is 436 g/mol. The first-order valence-electron chi connectivity index (χ1n) is 10.0. The van der Waals surface area contributed by atoms with E-state index in [9.17, 15) is 9.18 Å². The number of rotatable bonds is 6. The summed E-state index contributed by atoms with van der Waals surface area (Å²) in [7, 11) is 3.37. The first-order chi connectivity index (χ1) is 15.4. The van der Waals surface area contributed by atoms with Crippen molar-refractivity contribution in [3.8, 4) is 17.1 Å². The second kappa shape index (κ2) is 7.59. The number of halogens is 1. The lowest BCUT2D eigenvalue weighted by Gasteiger charge is -2.15. The van der Waals surface area contributed by atoms with Crippen LogP contribution < -0.4 is 15.4 Å². The van der Waals surface area contributed by atoms with Crippen LogP contribution in [0.3, 0.4) is 0 Å². The molecule has 11 heteroatoms. The molecule has 2 atom stereocenters. The number of aryl methyl sites for hydroxylation is 2. The van der Waals surface area contributed by atoms with Gasteiger partial charge in [-0.05, 0) is 25.5 Å². The summed E-state index contributed by atoms with van der Waals surface area (Å²) in [5.74, 6) is 1.04. The summed E-state index contributed by atoms with van der Waals surface area (Å²) >= 11 is 0. The highest BCUT2D eigenvalue weighted by atomic mass is 19.1. The van der Waals surface area contributed by atoms with E-state index in [1.54, 1.807) is 31.2 Å². The van der Waals surface area contributed by atoms with Crippen LogP contribution in [0.15, 0.2) is 30.6 Å². The highest BCUT2D eigenvalue weighted by Crippen LogP contribution is 2.38. The Kier molecular flexibility index (Phi) is 4.72. The van der Waals surface area contributed by atoms with E-state index in [1.807, 2.05) is 25.1 Å². The number of aromatic amines is 1. The average Bonchev–Trinajstić information content (AvgIpc) is 3.14. The molecule has 0 bridgehead atoms. The Balaban J connectivity index is 1.54. The standard InChI is InChI=1S/C21H21FN8O2/c1-10-24-17-15(8-16(27-20(17)25-10)28-21(31)12-7-13(12)22)26-14-6-4-5-11(18(14)32-3)19-23-9-30(2)29-19/h4-6,8-9,12-13H,7H2,1-3H3,(H3,24,25,26,27,28,31)/t12-,13-/m0/s1. The van der Waals surface area contributed by atoms with Crippen molar-refractivity contribution in [2.45, 2.75) is 19.5 Å². The zero-order valence-corrected chi connectivity index (χ0v) is 17.7. The van der Waals surface area contributed by atoms with Gasteiger partial charge in [-0.2, -0.15) is 5.10 Å². The second-order valence-corrected chi connectivity index (χ2v) is 7.68. The third-order valence-corrected chi connectivity index (χ3v) is 5.21. The van der Waals surface area contributed by atoms with E-state index in [0.29, 0.717) is 39.9 Å². The summed E-state index contributed by atoms with van der Waals surface area (Å²) in [6.07, 6.45) is 0.772. The smallest absolute Gasteiger partial charge is 0.231 e. The van der Waals surface area contributed by atoms with Crippen LogP contribution in [0.25, 0.3) is 22.6 Å². The Hall–Kier alpha value is -4.02. The molecular formula is C21H21FN8O2. The number of aromatic nitrogens is 6. The number of amides is 1. The number of anilines is 3. The Bertz CT molecular complexity index is 1330. The molecule has 1 saturated carbocycles. The number of imidazole rings is 1. The predicted molar refractivity (Wildman–Crippen MR) is 117 cm³/mol. The molecule has 164 valence electrons. The van der Waals surface area contributed by atoms with Crippen molar-refractivity contribution in [3.63, 3.8) is 0 Å². The summed E-state index contributed by atoms with van der Waals surface area (Å²) < 4.78 is 20.6. The summed E-state index contributed by atoms with van der Waals surface area (Å²) in [6.45, 7) is 1.82. The molecule has 1 fully saturated rings. The van der Waals surface area contributed by atoms with Gasteiger partial charge in [0.1, 0.15) is 29.7 Å². The molecule has 0 saturated heterocycles. The van der Waals surface area contributed by atoms with Gasteiger partial charge in [-0.25, -0.2) is 19.3 Å². The number of nitrogens with one attached hydrogen (secondary N) is 3. The molecule has 1 aromatic carbocycles. The van der Waals surface area contributed by atoms with Gasteiger partial charge in [0.05, 0.1) is 30.0 Å². The SMILES string of the molecule is COc1c(Nc2cc(NC(=O)[C@H]3C[C@@H]3F)nc3nc(C)[nH]c23)cccc1-c1ncn(C)n1. The van der Waals surface area contributed by atoms with Crippen LogP contribution in [0.1, 0.15) is 12.2 Å². The van der Waals surface area contributed by atoms with Gasteiger partial charge in [0, 0.05) is 13.1 Å². The maximum absolute atomic E-state index is 13.3. The van der Waals surface area contributed by atoms with Gasteiger partial charge >= 0.3 is 0 Å². The molecular weight excluding hydrogens is 415 g/mol. The van der Waals surface area contributed by atoms with Crippen LogP contribution in [0.5, 0.6) is 5.75 Å². The number of fused-ring (bicyclic) bond motifs is 1. The monoisotopic (exact) mass is 436 g/mol. The molecule has 0 unspecified atom stereocenters. The first kappa shape index (κ1) is 19.9. The number of hydrogen-bond donors (Lipinski definition) is 3. The minimum atomic E-state index is -1.09. The number of para-hydroxylation sites is 1. The lowest BCUT2D eigenvalue weighted by molar-refractivity contribution is -0.117. The van der Waals surface area contributed by atoms with Gasteiger partial charge in [-0.3, -0.25) is 9.48 Å². The van der Waals surface area contributed by atoms with Crippen molar-refractivity contribution in [3.05, 3.63) is 36.4 Å². The lowest BCUT2D eigenvalue weighted by Crippen LogP contribution is -2.16. The normalized spacial score (nSPS) is 17.4. The lowest BCUT2D eigenvalue weighted by atomic mass is 10.1. The van der Waals surface area contributed by atoms with E-state index in [2.05, 4.69) is 35.7 Å². The Morgan fingerprint density at radius 1 is 1.31 bits per heavy atom. The minimum absolute atomic E-state index is 0.242. The molecule has 3 heterocycles. The van der Waals surface area contributed by atoms with E-state index in [1.165, 1.54) is 0 Å². The van der Waals surface area contributed by atoms with Crippen molar-refractivity contribution in [1.82, 2.24) is 29.7 Å². The topological polar surface area (TPSA) is 123 Å². The van der Waals surface area contributed by atoms with E-state index >= 15 is 0 Å². The van der Waals surface area contributed by atoms with Crippen molar-refractivity contribution in [1.29, 1.82) is 0 Å². The zero-order chi connectivity index (χ0) is 22.4. The van der Waals surface area contributed by atoms with Crippen LogP contribution in [-0.4, -0.2) is 48.9 Å². The van der Waals surface area contributed by atoms with Gasteiger partial charge < -0.3 is 20.4 Å². The van der Waals surface area contributed by atoms with Gasteiger partial charge in [0.15, 0.2) is 17.2 Å². The quantitative estimate of drug-likeness (QED) is 0.424. The van der Waals surface area contributed by atoms with Crippen molar-refractivity contribution in [2.24, 2.45) is 13.0 Å². The number of H-pyrrole nitrogens is 1. The highest BCUT2D eigenvalue weighted by Gasteiger charge is 2.43. The number of nitrogens with zero attached hydrogens (tertiary/aromatic N) is 5. The van der Waals surface area contributed by atoms with Gasteiger partial charge in [0.2, 0.25) is 5.91 Å². The molecule has 0 spiro atoms. The van der Waals surface area contributed by atoms with E-state index < -0.39 is 12.1 Å². The first-order valence-corrected chi connectivity index (χ1v) is 10.0. The molecule has 0 radical (unpaired) electrons. The molecule has 0 aliphatic heterocycles. The maximum Gasteiger partial charge on any atom is 0.231 e. The number of alkyl halides is 1. The summed E-state index contributed by atoms with van der Waals surface area (Å²) in [6, 6.07) is 7.27. The largest absolute Gasteiger partial charge is 0.494 e. The molecule has 3 aromatic heterocycles. The Morgan fingerprint density at radius 2 is 2.12 bits per heavy atom. The molecule has 10 nitrogen and oxygen atoms in total. The number of carbonyl (C=O) groups is 1. The van der Waals surface area contributed by atoms with Crippen LogP contribution in [0.2, 0.25) is 0 Å². The van der Waals surface area contributed by atoms with Crippen LogP contribution in [-0.2, 0) is 11.8 Å². The molecule has 1 aliphatic rings. The number of benzene rings is 1. The van der Waals surface area contributed by atoms with E-state index in [0.717, 1.165) is 5.56 Å². The van der Waals surface area contributed by atoms with Crippen molar-refractivity contribution >= 4 is 34.3 Å². The zero-order valence-electron chi connectivity index (χ0n) is 17.7. The number of carbonyl (C=O) groups excluding carboxylic acids is 1. The second-order valence-electron chi connectivity index (χ2n) is 7.68. The van der Waals surface area contributed by atoms with Crippen LogP contribution >= 0.6 is 0 Å². The number of hydrogen-bond acceptors (Lipinski definition) is 7. The number of pyridine rings is 1. The minimum Gasteiger partial charge on any atom is -0.494 e.